The molecule has 0 saturated carbocycles. The minimum atomic E-state index is 1.00. The van der Waals surface area contributed by atoms with Crippen LogP contribution in [0, 0.1) is 0 Å². The molecule has 0 aromatic carbocycles. The minimum Gasteiger partial charge on any atom is -0.381 e. The van der Waals surface area contributed by atoms with Crippen LogP contribution in [0.2, 0.25) is 0 Å². The molecule has 2 rings (SSSR count). The molecule has 2 nitrogen and oxygen atoms in total. The fraction of sp³-hybridized carbons (Fsp3) is 1.00. The summed E-state index contributed by atoms with van der Waals surface area (Å²) in [6.07, 6.45) is 14.9. The van der Waals surface area contributed by atoms with E-state index in [2.05, 4.69) is 13.8 Å². The van der Waals surface area contributed by atoms with E-state index in [0.29, 0.717) is 0 Å². The van der Waals surface area contributed by atoms with E-state index in [-0.39, 0.29) is 0 Å². The summed E-state index contributed by atoms with van der Waals surface area (Å²) < 4.78 is 10.1. The molecule has 2 fully saturated rings. The maximum Gasteiger partial charge on any atom is 0.0466 e. The highest BCUT2D eigenvalue weighted by molar-refractivity contribution is 4.45. The molecule has 0 bridgehead atoms. The SMILES string of the molecule is C1CCOCC1.C1CCOCC1.CCCCCCC. The number of ether oxygens (including phenoxy) is 2. The summed E-state index contributed by atoms with van der Waals surface area (Å²) in [5, 5.41) is 0. The van der Waals surface area contributed by atoms with Gasteiger partial charge in [0, 0.05) is 26.4 Å². The van der Waals surface area contributed by atoms with Crippen LogP contribution in [0.4, 0.5) is 0 Å². The van der Waals surface area contributed by atoms with Crippen molar-refractivity contribution >= 4 is 0 Å². The summed E-state index contributed by atoms with van der Waals surface area (Å²) in [4.78, 5) is 0. The molecule has 0 aromatic rings. The molecule has 0 radical (unpaired) electrons. The standard InChI is InChI=1S/C7H16.2C5H10O/c1-3-5-7-6-4-2;2*1-2-4-6-5-3-1/h3-7H2,1-2H3;2*1-5H2. The quantitative estimate of drug-likeness (QED) is 0.642. The monoisotopic (exact) mass is 272 g/mol. The van der Waals surface area contributed by atoms with Gasteiger partial charge in [0.1, 0.15) is 0 Å². The Morgan fingerprint density at radius 2 is 0.895 bits per heavy atom. The second-order valence-electron chi connectivity index (χ2n) is 5.41. The van der Waals surface area contributed by atoms with Crippen molar-refractivity contribution in [2.75, 3.05) is 26.4 Å². The van der Waals surface area contributed by atoms with Gasteiger partial charge in [0.05, 0.1) is 0 Å². The van der Waals surface area contributed by atoms with Gasteiger partial charge in [0.25, 0.3) is 0 Å². The lowest BCUT2D eigenvalue weighted by atomic mass is 10.2. The third kappa shape index (κ3) is 17.9. The Hall–Kier alpha value is -0.0800. The Morgan fingerprint density at radius 3 is 1.05 bits per heavy atom. The van der Waals surface area contributed by atoms with Crippen molar-refractivity contribution in [3.05, 3.63) is 0 Å². The van der Waals surface area contributed by atoms with Gasteiger partial charge in [0.15, 0.2) is 0 Å². The van der Waals surface area contributed by atoms with Gasteiger partial charge in [-0.25, -0.2) is 0 Å². The van der Waals surface area contributed by atoms with Gasteiger partial charge in [0.2, 0.25) is 0 Å². The Morgan fingerprint density at radius 1 is 0.526 bits per heavy atom. The average Bonchev–Trinajstić information content (AvgIpc) is 2.53. The molecule has 2 aliphatic heterocycles. The van der Waals surface area contributed by atoms with E-state index in [1.807, 2.05) is 0 Å². The van der Waals surface area contributed by atoms with Crippen LogP contribution < -0.4 is 0 Å². The molecule has 0 spiro atoms. The van der Waals surface area contributed by atoms with E-state index < -0.39 is 0 Å². The summed E-state index contributed by atoms with van der Waals surface area (Å²) >= 11 is 0. The van der Waals surface area contributed by atoms with Crippen LogP contribution in [-0.4, -0.2) is 26.4 Å². The van der Waals surface area contributed by atoms with Crippen molar-refractivity contribution in [2.24, 2.45) is 0 Å². The molecule has 2 heterocycles. The van der Waals surface area contributed by atoms with Crippen LogP contribution in [-0.2, 0) is 9.47 Å². The zero-order valence-electron chi connectivity index (χ0n) is 13.4. The number of rotatable bonds is 4. The summed E-state index contributed by atoms with van der Waals surface area (Å²) in [5.74, 6) is 0. The van der Waals surface area contributed by atoms with Gasteiger partial charge in [-0.15, -0.1) is 0 Å². The average molecular weight is 272 g/mol. The second kappa shape index (κ2) is 17.9. The van der Waals surface area contributed by atoms with Crippen LogP contribution in [0.15, 0.2) is 0 Å². The molecule has 0 unspecified atom stereocenters. The lowest BCUT2D eigenvalue weighted by Crippen LogP contribution is -2.03. The summed E-state index contributed by atoms with van der Waals surface area (Å²) in [5.41, 5.74) is 0. The van der Waals surface area contributed by atoms with Crippen LogP contribution >= 0.6 is 0 Å². The van der Waals surface area contributed by atoms with Gasteiger partial charge in [-0.2, -0.15) is 0 Å². The minimum absolute atomic E-state index is 1.00. The van der Waals surface area contributed by atoms with Crippen molar-refractivity contribution in [1.82, 2.24) is 0 Å². The molecule has 2 saturated heterocycles. The number of hydrogen-bond donors (Lipinski definition) is 0. The first kappa shape index (κ1) is 18.9. The Kier molecular flexibility index (Phi) is 17.8. The van der Waals surface area contributed by atoms with Crippen molar-refractivity contribution in [3.8, 4) is 0 Å². The first-order valence-electron chi connectivity index (χ1n) is 8.57. The molecule has 0 aliphatic carbocycles. The van der Waals surface area contributed by atoms with Crippen LogP contribution in [0.1, 0.15) is 84.5 Å². The lowest BCUT2D eigenvalue weighted by Gasteiger charge is -2.08. The zero-order chi connectivity index (χ0) is 14.0. The van der Waals surface area contributed by atoms with Crippen LogP contribution in [0.5, 0.6) is 0 Å². The Bertz CT molecular complexity index is 101. The van der Waals surface area contributed by atoms with Crippen LogP contribution in [0.3, 0.4) is 0 Å². The van der Waals surface area contributed by atoms with Crippen molar-refractivity contribution in [1.29, 1.82) is 0 Å². The van der Waals surface area contributed by atoms with Gasteiger partial charge < -0.3 is 9.47 Å². The zero-order valence-corrected chi connectivity index (χ0v) is 13.4. The first-order chi connectivity index (χ1) is 9.41. The normalized spacial score (nSPS) is 18.6. The molecule has 0 atom stereocenters. The predicted molar refractivity (Wildman–Crippen MR) is 83.8 cm³/mol. The maximum atomic E-state index is 5.07. The third-order valence-electron chi connectivity index (χ3n) is 3.36. The molecule has 116 valence electrons. The number of hydrogen-bond acceptors (Lipinski definition) is 2. The highest BCUT2D eigenvalue weighted by atomic mass is 16.5. The van der Waals surface area contributed by atoms with E-state index in [0.717, 1.165) is 26.4 Å². The maximum absolute atomic E-state index is 5.07. The van der Waals surface area contributed by atoms with E-state index in [4.69, 9.17) is 9.47 Å². The van der Waals surface area contributed by atoms with Gasteiger partial charge in [-0.05, 0) is 38.5 Å². The smallest absolute Gasteiger partial charge is 0.0466 e. The fourth-order valence-corrected chi connectivity index (χ4v) is 2.05. The molecular formula is C17H36O2. The predicted octanol–water partition coefficient (Wildman–Crippen LogP) is 5.35. The molecule has 2 heteroatoms. The molecule has 2 aliphatic rings. The third-order valence-corrected chi connectivity index (χ3v) is 3.36. The van der Waals surface area contributed by atoms with E-state index in [9.17, 15) is 0 Å². The Labute approximate surface area is 121 Å². The fourth-order valence-electron chi connectivity index (χ4n) is 2.05. The van der Waals surface area contributed by atoms with E-state index in [1.54, 1.807) is 0 Å². The second-order valence-corrected chi connectivity index (χ2v) is 5.41. The topological polar surface area (TPSA) is 18.5 Å². The molecule has 19 heavy (non-hydrogen) atoms. The number of unbranched alkanes of at least 4 members (excludes halogenated alkanes) is 4. The first-order valence-corrected chi connectivity index (χ1v) is 8.57. The summed E-state index contributed by atoms with van der Waals surface area (Å²) in [6.45, 7) is 8.49. The molecule has 0 amide bonds. The van der Waals surface area contributed by atoms with Crippen molar-refractivity contribution < 1.29 is 9.47 Å². The van der Waals surface area contributed by atoms with Crippen molar-refractivity contribution in [3.63, 3.8) is 0 Å². The highest BCUT2D eigenvalue weighted by Gasteiger charge is 1.95. The molecule has 0 N–H and O–H groups in total. The van der Waals surface area contributed by atoms with Gasteiger partial charge >= 0.3 is 0 Å². The van der Waals surface area contributed by atoms with Gasteiger partial charge in [-0.3, -0.25) is 0 Å². The molecular weight excluding hydrogens is 236 g/mol. The van der Waals surface area contributed by atoms with E-state index >= 15 is 0 Å². The summed E-state index contributed by atoms with van der Waals surface area (Å²) in [6, 6.07) is 0. The lowest BCUT2D eigenvalue weighted by molar-refractivity contribution is 0.0967. The highest BCUT2D eigenvalue weighted by Crippen LogP contribution is 2.02. The molecule has 0 aromatic heterocycles. The van der Waals surface area contributed by atoms with Crippen molar-refractivity contribution in [2.45, 2.75) is 84.5 Å². The summed E-state index contributed by atoms with van der Waals surface area (Å²) in [7, 11) is 0. The van der Waals surface area contributed by atoms with Crippen LogP contribution in [0.25, 0.3) is 0 Å². The largest absolute Gasteiger partial charge is 0.381 e. The Balaban J connectivity index is 0.000000256. The van der Waals surface area contributed by atoms with Gasteiger partial charge in [-0.1, -0.05) is 46.0 Å². The van der Waals surface area contributed by atoms with E-state index in [1.165, 1.54) is 70.6 Å².